The predicted octanol–water partition coefficient (Wildman–Crippen LogP) is 3.51. The van der Waals surface area contributed by atoms with Crippen molar-refractivity contribution in [3.63, 3.8) is 0 Å². The molecule has 0 saturated carbocycles. The highest BCUT2D eigenvalue weighted by molar-refractivity contribution is 6.37. The second kappa shape index (κ2) is 7.77. The Morgan fingerprint density at radius 2 is 1.35 bits per heavy atom. The molecule has 0 bridgehead atoms. The average Bonchev–Trinajstić information content (AvgIpc) is 2.61. The summed E-state index contributed by atoms with van der Waals surface area (Å²) in [6.07, 6.45) is -4.76. The van der Waals surface area contributed by atoms with Gasteiger partial charge >= 0.3 is 18.2 Å². The van der Waals surface area contributed by atoms with E-state index in [0.717, 1.165) is 24.1 Å². The maximum absolute atomic E-state index is 12.1. The number of methoxy groups -OCH3 is 1. The molecule has 0 aromatic heterocycles. The second-order valence-corrected chi connectivity index (χ2v) is 4.97. The van der Waals surface area contributed by atoms with Crippen molar-refractivity contribution in [3.05, 3.63) is 48.5 Å². The number of hydrogen-bond donors (Lipinski definition) is 0. The molecule has 26 heavy (non-hydrogen) atoms. The van der Waals surface area contributed by atoms with E-state index in [1.54, 1.807) is 0 Å². The lowest BCUT2D eigenvalue weighted by Gasteiger charge is -2.16. The molecule has 2 aromatic carbocycles. The molecule has 6 nitrogen and oxygen atoms in total. The lowest BCUT2D eigenvalue weighted by atomic mass is 10.2. The summed E-state index contributed by atoms with van der Waals surface area (Å²) in [6.45, 7) is 0. The van der Waals surface area contributed by atoms with Crippen molar-refractivity contribution < 1.29 is 37.0 Å². The molecule has 138 valence electrons. The van der Waals surface area contributed by atoms with Crippen molar-refractivity contribution in [2.24, 2.45) is 0 Å². The number of likely N-dealkylation sites (N-methyl/N-ethyl adjacent to an activating group) is 1. The first-order valence-electron chi connectivity index (χ1n) is 7.19. The molecule has 0 aliphatic heterocycles. The predicted molar refractivity (Wildman–Crippen MR) is 85.1 cm³/mol. The van der Waals surface area contributed by atoms with E-state index in [4.69, 9.17) is 4.74 Å². The third kappa shape index (κ3) is 5.13. The molecule has 2 aromatic rings. The van der Waals surface area contributed by atoms with Gasteiger partial charge in [-0.3, -0.25) is 4.79 Å². The molecule has 1 amide bonds. The molecule has 2 rings (SSSR count). The number of nitrogens with zero attached hydrogens (tertiary/aromatic N) is 1. The smallest absolute Gasteiger partial charge is 0.462 e. The Kier molecular flexibility index (Phi) is 5.71. The normalized spacial score (nSPS) is 10.8. The number of alkyl halides is 3. The molecule has 0 unspecified atom stereocenters. The molecule has 0 fully saturated rings. The number of rotatable bonds is 4. The largest absolute Gasteiger partial charge is 0.573 e. The number of halogens is 3. The summed E-state index contributed by atoms with van der Waals surface area (Å²) in [4.78, 5) is 24.0. The van der Waals surface area contributed by atoms with E-state index < -0.39 is 18.2 Å². The molecule has 0 N–H and O–H groups in total. The maximum atomic E-state index is 12.1. The van der Waals surface area contributed by atoms with Gasteiger partial charge in [-0.05, 0) is 48.5 Å². The summed E-state index contributed by atoms with van der Waals surface area (Å²) in [7, 11) is 2.52. The van der Waals surface area contributed by atoms with Gasteiger partial charge in [-0.15, -0.1) is 13.2 Å². The second-order valence-electron chi connectivity index (χ2n) is 4.97. The Labute approximate surface area is 146 Å². The van der Waals surface area contributed by atoms with Gasteiger partial charge in [0.1, 0.15) is 17.2 Å². The number of carbonyl (C=O) groups is 2. The van der Waals surface area contributed by atoms with Crippen molar-refractivity contribution in [2.75, 3.05) is 19.1 Å². The van der Waals surface area contributed by atoms with Crippen molar-refractivity contribution in [1.82, 2.24) is 0 Å². The zero-order chi connectivity index (χ0) is 19.3. The zero-order valence-corrected chi connectivity index (χ0v) is 13.7. The molecule has 0 atom stereocenters. The third-order valence-electron chi connectivity index (χ3n) is 3.18. The lowest BCUT2D eigenvalue weighted by molar-refractivity contribution is -0.274. The summed E-state index contributed by atoms with van der Waals surface area (Å²) in [5.41, 5.74) is 0.432. The van der Waals surface area contributed by atoms with Gasteiger partial charge < -0.3 is 19.1 Å². The number of esters is 1. The highest BCUT2D eigenvalue weighted by Crippen LogP contribution is 2.28. The van der Waals surface area contributed by atoms with E-state index in [-0.39, 0.29) is 5.75 Å². The molecule has 0 spiro atoms. The topological polar surface area (TPSA) is 65.1 Å². The Balaban J connectivity index is 2.03. The summed E-state index contributed by atoms with van der Waals surface area (Å²) >= 11 is 0. The minimum absolute atomic E-state index is 0.297. The fourth-order valence-electron chi connectivity index (χ4n) is 1.92. The summed E-state index contributed by atoms with van der Waals surface area (Å²) in [6, 6.07) is 11.0. The van der Waals surface area contributed by atoms with Gasteiger partial charge in [-0.1, -0.05) is 0 Å². The molecule has 0 aliphatic rings. The monoisotopic (exact) mass is 369 g/mol. The first-order valence-corrected chi connectivity index (χ1v) is 7.19. The van der Waals surface area contributed by atoms with E-state index in [2.05, 4.69) is 9.47 Å². The standard InChI is InChI=1S/C17H14F3NO5/c1-21(15(22)16(23)24-2)11-3-5-12(6-4-11)25-13-7-9-14(10-8-13)26-17(18,19)20/h3-10H,1-2H3. The van der Waals surface area contributed by atoms with Gasteiger partial charge in [-0.25, -0.2) is 4.79 Å². The Hall–Kier alpha value is -3.23. The molecular formula is C17H14F3NO5. The first-order chi connectivity index (χ1) is 12.2. The van der Waals surface area contributed by atoms with Crippen LogP contribution in [0.5, 0.6) is 17.2 Å². The van der Waals surface area contributed by atoms with Crippen LogP contribution in [0.25, 0.3) is 0 Å². The van der Waals surface area contributed by atoms with Crippen molar-refractivity contribution in [1.29, 1.82) is 0 Å². The SMILES string of the molecule is COC(=O)C(=O)N(C)c1ccc(Oc2ccc(OC(F)(F)F)cc2)cc1. The number of ether oxygens (including phenoxy) is 3. The van der Waals surface area contributed by atoms with Gasteiger partial charge in [0.2, 0.25) is 0 Å². The van der Waals surface area contributed by atoms with Crippen LogP contribution in [0.4, 0.5) is 18.9 Å². The number of carbonyl (C=O) groups excluding carboxylic acids is 2. The van der Waals surface area contributed by atoms with Crippen molar-refractivity contribution >= 4 is 17.6 Å². The van der Waals surface area contributed by atoms with Gasteiger partial charge in [0.25, 0.3) is 0 Å². The minimum atomic E-state index is -4.76. The van der Waals surface area contributed by atoms with Gasteiger partial charge in [-0.2, -0.15) is 0 Å². The summed E-state index contributed by atoms with van der Waals surface area (Å²) in [5, 5.41) is 0. The van der Waals surface area contributed by atoms with Crippen molar-refractivity contribution in [2.45, 2.75) is 6.36 Å². The number of amides is 1. The number of anilines is 1. The van der Waals surface area contributed by atoms with Gasteiger partial charge in [0.05, 0.1) is 7.11 Å². The van der Waals surface area contributed by atoms with Crippen LogP contribution in [-0.2, 0) is 14.3 Å². The van der Waals surface area contributed by atoms with Crippen LogP contribution in [0.3, 0.4) is 0 Å². The molecule has 0 heterocycles. The number of hydrogen-bond acceptors (Lipinski definition) is 5. The van der Waals surface area contributed by atoms with Gasteiger partial charge in [0.15, 0.2) is 0 Å². The van der Waals surface area contributed by atoms with Gasteiger partial charge in [0, 0.05) is 12.7 Å². The molecular weight excluding hydrogens is 355 g/mol. The van der Waals surface area contributed by atoms with E-state index >= 15 is 0 Å². The summed E-state index contributed by atoms with van der Waals surface area (Å²) in [5.74, 6) is -1.50. The highest BCUT2D eigenvalue weighted by Gasteiger charge is 2.31. The zero-order valence-electron chi connectivity index (χ0n) is 13.7. The molecule has 0 radical (unpaired) electrons. The molecule has 9 heteroatoms. The molecule has 0 aliphatic carbocycles. The van der Waals surface area contributed by atoms with Crippen LogP contribution in [0, 0.1) is 0 Å². The maximum Gasteiger partial charge on any atom is 0.573 e. The van der Waals surface area contributed by atoms with E-state index in [0.29, 0.717) is 17.2 Å². The lowest BCUT2D eigenvalue weighted by Crippen LogP contribution is -2.33. The fraction of sp³-hybridized carbons (Fsp3) is 0.176. The fourth-order valence-corrected chi connectivity index (χ4v) is 1.92. The summed E-state index contributed by atoms with van der Waals surface area (Å²) < 4.78 is 50.0. The number of benzene rings is 2. The van der Waals surface area contributed by atoms with Crippen LogP contribution < -0.4 is 14.4 Å². The average molecular weight is 369 g/mol. The van der Waals surface area contributed by atoms with Crippen LogP contribution in [0.2, 0.25) is 0 Å². The van der Waals surface area contributed by atoms with Crippen LogP contribution in [-0.4, -0.2) is 32.4 Å². The van der Waals surface area contributed by atoms with E-state index in [1.165, 1.54) is 43.4 Å². The minimum Gasteiger partial charge on any atom is -0.462 e. The Morgan fingerprint density at radius 1 is 0.885 bits per heavy atom. The van der Waals surface area contributed by atoms with E-state index in [1.807, 2.05) is 0 Å². The van der Waals surface area contributed by atoms with Crippen LogP contribution >= 0.6 is 0 Å². The third-order valence-corrected chi connectivity index (χ3v) is 3.18. The molecule has 0 saturated heterocycles. The quantitative estimate of drug-likeness (QED) is 0.610. The first kappa shape index (κ1) is 19.1. The van der Waals surface area contributed by atoms with Crippen LogP contribution in [0.15, 0.2) is 48.5 Å². The Morgan fingerprint density at radius 3 is 1.81 bits per heavy atom. The Bertz CT molecular complexity index is 772. The van der Waals surface area contributed by atoms with Crippen LogP contribution in [0.1, 0.15) is 0 Å². The van der Waals surface area contributed by atoms with Crippen molar-refractivity contribution in [3.8, 4) is 17.2 Å². The highest BCUT2D eigenvalue weighted by atomic mass is 19.4. The van der Waals surface area contributed by atoms with E-state index in [9.17, 15) is 22.8 Å².